The van der Waals surface area contributed by atoms with E-state index in [1.54, 1.807) is 6.33 Å². The van der Waals surface area contributed by atoms with Gasteiger partial charge in [0.1, 0.15) is 0 Å². The number of aliphatic hydroxyl groups excluding tert-OH is 1. The Morgan fingerprint density at radius 1 is 1.47 bits per heavy atom. The van der Waals surface area contributed by atoms with Crippen LogP contribution in [-0.2, 0) is 12.6 Å². The van der Waals surface area contributed by atoms with Crippen molar-refractivity contribution in [3.63, 3.8) is 0 Å². The molecule has 0 fully saturated rings. The normalized spacial score (nSPS) is 15.1. The maximum atomic E-state index is 8.88. The van der Waals surface area contributed by atoms with Gasteiger partial charge in [-0.25, -0.2) is 4.98 Å². The van der Waals surface area contributed by atoms with Gasteiger partial charge in [0.2, 0.25) is 0 Å². The Kier molecular flexibility index (Phi) is 3.17. The van der Waals surface area contributed by atoms with Crippen LogP contribution in [0.15, 0.2) is 24.5 Å². The van der Waals surface area contributed by atoms with Crippen LogP contribution < -0.4 is 5.73 Å². The highest BCUT2D eigenvalue weighted by atomic mass is 16.2. The highest BCUT2D eigenvalue weighted by Crippen LogP contribution is 2.25. The van der Waals surface area contributed by atoms with Crippen LogP contribution >= 0.6 is 0 Å². The van der Waals surface area contributed by atoms with Gasteiger partial charge in [0.25, 0.3) is 0 Å². The molecule has 0 saturated heterocycles. The molecule has 3 N–H and O–H groups in total. The number of nitrogens with two attached hydrogens (primary N) is 1. The maximum absolute atomic E-state index is 8.88. The van der Waals surface area contributed by atoms with Gasteiger partial charge in [0.15, 0.2) is 0 Å². The molecule has 92 valence electrons. The van der Waals surface area contributed by atoms with Gasteiger partial charge in [-0.1, -0.05) is 6.07 Å². The summed E-state index contributed by atoms with van der Waals surface area (Å²) >= 11 is 0. The Labute approximate surface area is 101 Å². The van der Waals surface area contributed by atoms with E-state index in [2.05, 4.69) is 4.98 Å². The minimum absolute atomic E-state index is 0.179. The summed E-state index contributed by atoms with van der Waals surface area (Å²) in [5.41, 5.74) is 9.00. The van der Waals surface area contributed by atoms with E-state index in [4.69, 9.17) is 10.8 Å². The molecule has 0 aliphatic heterocycles. The molecule has 0 amide bonds. The second kappa shape index (κ2) is 4.47. The second-order valence-corrected chi connectivity index (χ2v) is 4.80. The van der Waals surface area contributed by atoms with Crippen LogP contribution in [0.25, 0.3) is 11.0 Å². The zero-order valence-electron chi connectivity index (χ0n) is 10.3. The van der Waals surface area contributed by atoms with Crippen molar-refractivity contribution in [2.75, 3.05) is 6.61 Å². The number of hydrogen-bond acceptors (Lipinski definition) is 3. The largest absolute Gasteiger partial charge is 0.396 e. The van der Waals surface area contributed by atoms with Crippen LogP contribution in [-0.4, -0.2) is 21.3 Å². The van der Waals surface area contributed by atoms with E-state index in [1.807, 2.05) is 36.7 Å². The van der Waals surface area contributed by atoms with E-state index in [0.717, 1.165) is 23.0 Å². The number of hydrogen-bond donors (Lipinski definition) is 2. The lowest BCUT2D eigenvalue weighted by molar-refractivity contribution is 0.266. The predicted octanol–water partition coefficient (Wildman–Crippen LogP) is 1.52. The number of aryl methyl sites for hydroxylation is 1. The first-order chi connectivity index (χ1) is 8.04. The molecule has 0 aliphatic carbocycles. The number of aromatic nitrogens is 2. The molecule has 0 bridgehead atoms. The maximum Gasteiger partial charge on any atom is 0.0955 e. The monoisotopic (exact) mass is 233 g/mol. The summed E-state index contributed by atoms with van der Waals surface area (Å²) in [6, 6.07) is 6.12. The van der Waals surface area contributed by atoms with Gasteiger partial charge < -0.3 is 15.4 Å². The Bertz CT molecular complexity index is 516. The van der Waals surface area contributed by atoms with Crippen molar-refractivity contribution in [1.82, 2.24) is 9.55 Å². The topological polar surface area (TPSA) is 64.1 Å². The van der Waals surface area contributed by atoms with Crippen LogP contribution in [0.1, 0.15) is 25.3 Å². The average Bonchev–Trinajstić information content (AvgIpc) is 2.68. The first-order valence-electron chi connectivity index (χ1n) is 5.86. The molecule has 0 aliphatic rings. The van der Waals surface area contributed by atoms with Gasteiger partial charge in [-0.3, -0.25) is 0 Å². The summed E-state index contributed by atoms with van der Waals surface area (Å²) in [5.74, 6) is 0. The minimum Gasteiger partial charge on any atom is -0.396 e. The summed E-state index contributed by atoms with van der Waals surface area (Å²) in [6.07, 6.45) is 3.28. The molecule has 4 heteroatoms. The molecule has 0 spiro atoms. The number of fused-ring (bicyclic) bond motifs is 1. The fraction of sp³-hybridized carbons (Fsp3) is 0.462. The zero-order valence-corrected chi connectivity index (χ0v) is 10.3. The molecule has 1 heterocycles. The molecule has 4 nitrogen and oxygen atoms in total. The van der Waals surface area contributed by atoms with Crippen LogP contribution in [0, 0.1) is 0 Å². The number of imidazole rings is 1. The Balaban J connectivity index is 2.35. The minimum atomic E-state index is -0.408. The fourth-order valence-electron chi connectivity index (χ4n) is 2.08. The molecule has 17 heavy (non-hydrogen) atoms. The first-order valence-corrected chi connectivity index (χ1v) is 5.86. The van der Waals surface area contributed by atoms with Gasteiger partial charge in [0.05, 0.1) is 17.4 Å². The summed E-state index contributed by atoms with van der Waals surface area (Å²) in [7, 11) is 1.97. The summed E-state index contributed by atoms with van der Waals surface area (Å²) in [4.78, 5) is 4.33. The lowest BCUT2D eigenvalue weighted by Gasteiger charge is -2.25. The summed E-state index contributed by atoms with van der Waals surface area (Å²) in [6.45, 7) is 2.17. The lowest BCUT2D eigenvalue weighted by atomic mass is 9.88. The molecule has 1 atom stereocenters. The van der Waals surface area contributed by atoms with Crippen molar-refractivity contribution in [2.24, 2.45) is 12.8 Å². The average molecular weight is 233 g/mol. The summed E-state index contributed by atoms with van der Waals surface area (Å²) in [5, 5.41) is 8.88. The third kappa shape index (κ3) is 2.33. The van der Waals surface area contributed by atoms with Gasteiger partial charge in [-0.05, 0) is 37.5 Å². The second-order valence-electron chi connectivity index (χ2n) is 4.80. The van der Waals surface area contributed by atoms with Crippen LogP contribution in [0.2, 0.25) is 0 Å². The van der Waals surface area contributed by atoms with Gasteiger partial charge in [-0.15, -0.1) is 0 Å². The molecular weight excluding hydrogens is 214 g/mol. The fourth-order valence-corrected chi connectivity index (χ4v) is 2.08. The van der Waals surface area contributed by atoms with Crippen LogP contribution in [0.4, 0.5) is 0 Å². The van der Waals surface area contributed by atoms with Gasteiger partial charge in [0, 0.05) is 19.2 Å². The number of rotatable bonds is 4. The van der Waals surface area contributed by atoms with E-state index in [0.29, 0.717) is 6.42 Å². The van der Waals surface area contributed by atoms with Crippen LogP contribution in [0.3, 0.4) is 0 Å². The van der Waals surface area contributed by atoms with E-state index >= 15 is 0 Å². The quantitative estimate of drug-likeness (QED) is 0.841. The van der Waals surface area contributed by atoms with Crippen molar-refractivity contribution in [1.29, 1.82) is 0 Å². The van der Waals surface area contributed by atoms with E-state index < -0.39 is 5.54 Å². The smallest absolute Gasteiger partial charge is 0.0955 e. The Morgan fingerprint density at radius 3 is 2.94 bits per heavy atom. The SMILES string of the molecule is Cn1cnc2cc(C(C)(N)CCCO)ccc21. The number of aliphatic hydroxyl groups is 1. The highest BCUT2D eigenvalue weighted by Gasteiger charge is 2.21. The third-order valence-corrected chi connectivity index (χ3v) is 3.24. The summed E-state index contributed by atoms with van der Waals surface area (Å²) < 4.78 is 1.99. The molecule has 2 rings (SSSR count). The van der Waals surface area contributed by atoms with Crippen molar-refractivity contribution >= 4 is 11.0 Å². The zero-order chi connectivity index (χ0) is 12.5. The molecule has 1 unspecified atom stereocenters. The lowest BCUT2D eigenvalue weighted by Crippen LogP contribution is -2.33. The van der Waals surface area contributed by atoms with Crippen molar-refractivity contribution in [3.05, 3.63) is 30.1 Å². The Morgan fingerprint density at radius 2 is 2.24 bits per heavy atom. The van der Waals surface area contributed by atoms with Gasteiger partial charge in [-0.2, -0.15) is 0 Å². The first kappa shape index (κ1) is 12.1. The standard InChI is InChI=1S/C13H19N3O/c1-13(14,6-3-7-17)10-4-5-12-11(8-10)15-9-16(12)2/h4-5,8-9,17H,3,6-7,14H2,1-2H3. The van der Waals surface area contributed by atoms with Gasteiger partial charge >= 0.3 is 0 Å². The third-order valence-electron chi connectivity index (χ3n) is 3.24. The predicted molar refractivity (Wildman–Crippen MR) is 68.6 cm³/mol. The van der Waals surface area contributed by atoms with E-state index in [9.17, 15) is 0 Å². The highest BCUT2D eigenvalue weighted by molar-refractivity contribution is 5.76. The molecule has 1 aromatic carbocycles. The Hall–Kier alpha value is -1.39. The van der Waals surface area contributed by atoms with E-state index in [1.165, 1.54) is 0 Å². The molecule has 0 saturated carbocycles. The van der Waals surface area contributed by atoms with Crippen molar-refractivity contribution in [3.8, 4) is 0 Å². The molecule has 2 aromatic rings. The van der Waals surface area contributed by atoms with E-state index in [-0.39, 0.29) is 6.61 Å². The molecule has 0 radical (unpaired) electrons. The van der Waals surface area contributed by atoms with Crippen molar-refractivity contribution in [2.45, 2.75) is 25.3 Å². The number of nitrogens with zero attached hydrogens (tertiary/aromatic N) is 2. The number of benzene rings is 1. The molecule has 1 aromatic heterocycles. The van der Waals surface area contributed by atoms with Crippen molar-refractivity contribution < 1.29 is 5.11 Å². The van der Waals surface area contributed by atoms with Crippen LogP contribution in [0.5, 0.6) is 0 Å². The molecular formula is C13H19N3O.